The average Bonchev–Trinajstić information content (AvgIpc) is 3.10. The van der Waals surface area contributed by atoms with Crippen LogP contribution >= 0.6 is 0 Å². The van der Waals surface area contributed by atoms with Crippen LogP contribution in [0.5, 0.6) is 11.5 Å². The van der Waals surface area contributed by atoms with E-state index in [2.05, 4.69) is 31.2 Å². The fourth-order valence-electron chi connectivity index (χ4n) is 7.78. The molecule has 3 fully saturated rings. The van der Waals surface area contributed by atoms with Crippen molar-refractivity contribution in [3.63, 3.8) is 0 Å². The summed E-state index contributed by atoms with van der Waals surface area (Å²) < 4.78 is 10.9. The predicted octanol–water partition coefficient (Wildman–Crippen LogP) is 5.85. The first-order chi connectivity index (χ1) is 15.8. The van der Waals surface area contributed by atoms with E-state index in [1.807, 2.05) is 18.2 Å². The third-order valence-corrected chi connectivity index (χ3v) is 9.60. The van der Waals surface area contributed by atoms with Crippen LogP contribution in [0.4, 0.5) is 0 Å². The lowest BCUT2D eigenvalue weighted by molar-refractivity contribution is -0.0206. The summed E-state index contributed by atoms with van der Waals surface area (Å²) in [6.45, 7) is 4.76. The summed E-state index contributed by atoms with van der Waals surface area (Å²) in [5.74, 6) is 3.11. The number of fused-ring (bicyclic) bond motifs is 5. The highest BCUT2D eigenvalue weighted by Gasteiger charge is 2.59. The van der Waals surface area contributed by atoms with Gasteiger partial charge in [-0.2, -0.15) is 0 Å². The first-order valence-corrected chi connectivity index (χ1v) is 12.4. The molecule has 33 heavy (non-hydrogen) atoms. The van der Waals surface area contributed by atoms with Crippen LogP contribution in [-0.4, -0.2) is 36.3 Å². The standard InChI is InChI=1S/C28H37NO4/c1-27-11-9-20(30)16-19(27)6-7-21-22(27)10-12-28(2)23(21)15-18(26(28)29-31)13-17-5-8-24(32-3)25(14-17)33-4/h5-6,8,13-14,20-23,30-31H,7,9-12,15-16H2,1-4H3/b18-13+,29-26+/t20-,21?,22?,23?,27-,28-/m0/s1. The van der Waals surface area contributed by atoms with Gasteiger partial charge in [0.1, 0.15) is 0 Å². The molecule has 5 nitrogen and oxygen atoms in total. The number of ether oxygens (including phenoxy) is 2. The van der Waals surface area contributed by atoms with E-state index in [1.54, 1.807) is 14.2 Å². The summed E-state index contributed by atoms with van der Waals surface area (Å²) in [5.41, 5.74) is 4.61. The van der Waals surface area contributed by atoms with Crippen LogP contribution < -0.4 is 9.47 Å². The Bertz CT molecular complexity index is 1030. The second-order valence-electron chi connectivity index (χ2n) is 11.0. The molecule has 3 saturated carbocycles. The molecule has 2 N–H and O–H groups in total. The molecule has 5 rings (SSSR count). The molecular weight excluding hydrogens is 414 g/mol. The fourth-order valence-corrected chi connectivity index (χ4v) is 7.78. The van der Waals surface area contributed by atoms with E-state index < -0.39 is 0 Å². The highest BCUT2D eigenvalue weighted by Crippen LogP contribution is 2.65. The second-order valence-corrected chi connectivity index (χ2v) is 11.0. The SMILES string of the molecule is COc1ccc(/C=C2\CC3C4CC=C5C[C@@H](O)CC[C@]5(C)C4CC[C@]3(C)\C2=N\O)cc1OC. The van der Waals surface area contributed by atoms with Gasteiger partial charge in [-0.25, -0.2) is 0 Å². The number of nitrogens with zero attached hydrogens (tertiary/aromatic N) is 1. The number of oxime groups is 1. The van der Waals surface area contributed by atoms with Gasteiger partial charge in [0.25, 0.3) is 0 Å². The number of methoxy groups -OCH3 is 2. The van der Waals surface area contributed by atoms with E-state index in [9.17, 15) is 10.3 Å². The third kappa shape index (κ3) is 3.42. The molecule has 0 radical (unpaired) electrons. The van der Waals surface area contributed by atoms with Crippen LogP contribution in [0.1, 0.15) is 64.4 Å². The van der Waals surface area contributed by atoms with E-state index >= 15 is 0 Å². The van der Waals surface area contributed by atoms with Gasteiger partial charge in [0.05, 0.1) is 26.0 Å². The molecule has 178 valence electrons. The summed E-state index contributed by atoms with van der Waals surface area (Å²) in [4.78, 5) is 0. The predicted molar refractivity (Wildman–Crippen MR) is 130 cm³/mol. The highest BCUT2D eigenvalue weighted by molar-refractivity contribution is 6.09. The molecule has 0 heterocycles. The van der Waals surface area contributed by atoms with Gasteiger partial charge in [-0.05, 0) is 97.5 Å². The van der Waals surface area contributed by atoms with Crippen molar-refractivity contribution < 1.29 is 19.8 Å². The van der Waals surface area contributed by atoms with Gasteiger partial charge in [-0.15, -0.1) is 0 Å². The van der Waals surface area contributed by atoms with Crippen molar-refractivity contribution in [2.24, 2.45) is 33.7 Å². The molecule has 1 aromatic carbocycles. The average molecular weight is 452 g/mol. The van der Waals surface area contributed by atoms with Crippen LogP contribution in [0.2, 0.25) is 0 Å². The first kappa shape index (κ1) is 22.5. The van der Waals surface area contributed by atoms with Crippen molar-refractivity contribution in [2.75, 3.05) is 14.2 Å². The molecule has 0 aliphatic heterocycles. The molecule has 5 heteroatoms. The Hall–Kier alpha value is -2.27. The lowest BCUT2D eigenvalue weighted by Gasteiger charge is -2.56. The first-order valence-electron chi connectivity index (χ1n) is 12.4. The van der Waals surface area contributed by atoms with Crippen molar-refractivity contribution in [2.45, 2.75) is 64.9 Å². The highest BCUT2D eigenvalue weighted by atomic mass is 16.5. The van der Waals surface area contributed by atoms with Crippen molar-refractivity contribution in [1.29, 1.82) is 0 Å². The summed E-state index contributed by atoms with van der Waals surface area (Å²) in [5, 5.41) is 24.3. The Labute approximate surface area is 197 Å². The van der Waals surface area contributed by atoms with Gasteiger partial charge in [0, 0.05) is 5.41 Å². The summed E-state index contributed by atoms with van der Waals surface area (Å²) in [6, 6.07) is 5.94. The smallest absolute Gasteiger partial charge is 0.161 e. The summed E-state index contributed by atoms with van der Waals surface area (Å²) in [7, 11) is 3.29. The molecule has 0 amide bonds. The zero-order chi connectivity index (χ0) is 23.4. The Kier molecular flexibility index (Phi) is 5.59. The van der Waals surface area contributed by atoms with Gasteiger partial charge >= 0.3 is 0 Å². The zero-order valence-corrected chi connectivity index (χ0v) is 20.3. The van der Waals surface area contributed by atoms with Crippen LogP contribution in [-0.2, 0) is 0 Å². The van der Waals surface area contributed by atoms with Gasteiger partial charge in [0.2, 0.25) is 0 Å². The zero-order valence-electron chi connectivity index (χ0n) is 20.3. The van der Waals surface area contributed by atoms with Crippen molar-refractivity contribution in [3.8, 4) is 11.5 Å². The fraction of sp³-hybridized carbons (Fsp3) is 0.607. The van der Waals surface area contributed by atoms with Crippen molar-refractivity contribution in [1.82, 2.24) is 0 Å². The molecule has 0 spiro atoms. The topological polar surface area (TPSA) is 71.3 Å². The maximum Gasteiger partial charge on any atom is 0.161 e. The monoisotopic (exact) mass is 451 g/mol. The number of allylic oxidation sites excluding steroid dienone is 2. The van der Waals surface area contributed by atoms with Gasteiger partial charge in [-0.3, -0.25) is 0 Å². The number of rotatable bonds is 3. The van der Waals surface area contributed by atoms with Crippen molar-refractivity contribution in [3.05, 3.63) is 41.0 Å². The van der Waals surface area contributed by atoms with E-state index in [0.717, 1.165) is 61.8 Å². The molecule has 6 atom stereocenters. The Morgan fingerprint density at radius 1 is 1.00 bits per heavy atom. The molecule has 0 aromatic heterocycles. The maximum absolute atomic E-state index is 10.3. The number of aliphatic hydroxyl groups excluding tert-OH is 1. The van der Waals surface area contributed by atoms with Gasteiger partial charge in [0.15, 0.2) is 11.5 Å². The second kappa shape index (κ2) is 8.19. The lowest BCUT2D eigenvalue weighted by Crippen LogP contribution is -2.50. The Morgan fingerprint density at radius 3 is 2.48 bits per heavy atom. The molecule has 0 bridgehead atoms. The number of hydrogen-bond acceptors (Lipinski definition) is 5. The molecule has 0 saturated heterocycles. The van der Waals surface area contributed by atoms with E-state index in [4.69, 9.17) is 9.47 Å². The van der Waals surface area contributed by atoms with Crippen LogP contribution in [0.3, 0.4) is 0 Å². The minimum Gasteiger partial charge on any atom is -0.493 e. The minimum atomic E-state index is -0.176. The normalized spacial score (nSPS) is 40.1. The van der Waals surface area contributed by atoms with Gasteiger partial charge in [-0.1, -0.05) is 36.7 Å². The minimum absolute atomic E-state index is 0.103. The molecule has 4 aliphatic carbocycles. The number of aliphatic hydroxyl groups is 1. The quantitative estimate of drug-likeness (QED) is 0.343. The maximum atomic E-state index is 10.3. The molecule has 4 aliphatic rings. The Balaban J connectivity index is 1.49. The van der Waals surface area contributed by atoms with Crippen molar-refractivity contribution >= 4 is 11.8 Å². The molecule has 1 aromatic rings. The Morgan fingerprint density at radius 2 is 1.76 bits per heavy atom. The lowest BCUT2D eigenvalue weighted by atomic mass is 9.48. The molecular formula is C28H37NO4. The van der Waals surface area contributed by atoms with Gasteiger partial charge < -0.3 is 19.8 Å². The largest absolute Gasteiger partial charge is 0.493 e. The van der Waals surface area contributed by atoms with E-state index in [1.165, 1.54) is 5.57 Å². The van der Waals surface area contributed by atoms with Crippen LogP contribution in [0.15, 0.2) is 40.6 Å². The summed E-state index contributed by atoms with van der Waals surface area (Å²) in [6.07, 6.45) is 11.5. The van der Waals surface area contributed by atoms with E-state index in [0.29, 0.717) is 29.3 Å². The van der Waals surface area contributed by atoms with Crippen LogP contribution in [0.25, 0.3) is 6.08 Å². The van der Waals surface area contributed by atoms with Crippen LogP contribution in [0, 0.1) is 28.6 Å². The number of benzene rings is 1. The third-order valence-electron chi connectivity index (χ3n) is 9.60. The number of hydrogen-bond donors (Lipinski definition) is 2. The van der Waals surface area contributed by atoms with E-state index in [-0.39, 0.29) is 16.9 Å². The molecule has 3 unspecified atom stereocenters. The summed E-state index contributed by atoms with van der Waals surface area (Å²) >= 11 is 0.